The molecule has 0 spiro atoms. The fraction of sp³-hybridized carbons (Fsp3) is 0.231. The van der Waals surface area contributed by atoms with E-state index in [1.54, 1.807) is 33.2 Å². The van der Waals surface area contributed by atoms with Crippen LogP contribution in [0.2, 0.25) is 0 Å². The minimum Gasteiger partial charge on any atom is -0.366 e. The lowest BCUT2D eigenvalue weighted by atomic mass is 10.1. The van der Waals surface area contributed by atoms with Gasteiger partial charge in [0.25, 0.3) is 0 Å². The monoisotopic (exact) mass is 340 g/mol. The van der Waals surface area contributed by atoms with Gasteiger partial charge in [-0.05, 0) is 31.2 Å². The predicted octanol–water partition coefficient (Wildman–Crippen LogP) is 1.92. The molecular weight excluding hydrogens is 323 g/mol. The predicted molar refractivity (Wildman–Crippen MR) is 97.0 cm³/mol. The first-order chi connectivity index (χ1) is 10.5. The van der Waals surface area contributed by atoms with Crippen molar-refractivity contribution in [1.29, 1.82) is 0 Å². The molecule has 22 heavy (non-hydrogen) atoms. The SMILES string of the molecule is CN/C(S)=N/N=C(C)/C(=N/N=C(\S)NC)c1ccc(F)cc1. The lowest BCUT2D eigenvalue weighted by Gasteiger charge is -2.04. The molecule has 0 atom stereocenters. The number of amidine groups is 2. The Morgan fingerprint density at radius 1 is 0.909 bits per heavy atom. The molecule has 0 aliphatic rings. The summed E-state index contributed by atoms with van der Waals surface area (Å²) >= 11 is 8.15. The van der Waals surface area contributed by atoms with E-state index in [0.717, 1.165) is 0 Å². The Labute approximate surface area is 139 Å². The molecule has 0 saturated carbocycles. The molecular formula is C13H17FN6S2. The van der Waals surface area contributed by atoms with Gasteiger partial charge in [0, 0.05) is 19.7 Å². The average molecular weight is 340 g/mol. The van der Waals surface area contributed by atoms with Crippen molar-refractivity contribution in [3.8, 4) is 0 Å². The van der Waals surface area contributed by atoms with Crippen molar-refractivity contribution in [3.63, 3.8) is 0 Å². The van der Waals surface area contributed by atoms with Crippen LogP contribution in [-0.2, 0) is 0 Å². The van der Waals surface area contributed by atoms with Gasteiger partial charge >= 0.3 is 0 Å². The van der Waals surface area contributed by atoms with Gasteiger partial charge in [0.2, 0.25) is 0 Å². The molecule has 0 aliphatic heterocycles. The zero-order valence-corrected chi connectivity index (χ0v) is 14.2. The first-order valence-corrected chi connectivity index (χ1v) is 7.15. The number of nitrogens with zero attached hydrogens (tertiary/aromatic N) is 4. The first kappa shape index (κ1) is 18.2. The quantitative estimate of drug-likeness (QED) is 0.293. The molecule has 0 amide bonds. The number of hydrogen-bond donors (Lipinski definition) is 4. The van der Waals surface area contributed by atoms with Gasteiger partial charge in [0.05, 0.1) is 5.71 Å². The van der Waals surface area contributed by atoms with E-state index in [4.69, 9.17) is 0 Å². The van der Waals surface area contributed by atoms with Crippen LogP contribution in [0.1, 0.15) is 12.5 Å². The van der Waals surface area contributed by atoms with E-state index >= 15 is 0 Å². The van der Waals surface area contributed by atoms with Gasteiger partial charge in [0.1, 0.15) is 11.5 Å². The smallest absolute Gasteiger partial charge is 0.179 e. The van der Waals surface area contributed by atoms with Gasteiger partial charge in [-0.3, -0.25) is 0 Å². The van der Waals surface area contributed by atoms with Crippen molar-refractivity contribution in [2.75, 3.05) is 14.1 Å². The molecule has 0 unspecified atom stereocenters. The van der Waals surface area contributed by atoms with E-state index in [9.17, 15) is 4.39 Å². The first-order valence-electron chi connectivity index (χ1n) is 6.25. The van der Waals surface area contributed by atoms with E-state index < -0.39 is 0 Å². The lowest BCUT2D eigenvalue weighted by Crippen LogP contribution is -2.15. The molecule has 1 aromatic rings. The van der Waals surface area contributed by atoms with Crippen LogP contribution in [0.15, 0.2) is 44.7 Å². The number of hydrogen-bond acceptors (Lipinski definition) is 4. The number of nitrogens with one attached hydrogen (secondary N) is 2. The van der Waals surface area contributed by atoms with Crippen LogP contribution in [0.4, 0.5) is 4.39 Å². The normalized spacial score (nSPS) is 14.1. The Hall–Kier alpha value is -1.87. The summed E-state index contributed by atoms with van der Waals surface area (Å²) in [5, 5.41) is 22.1. The van der Waals surface area contributed by atoms with Crippen molar-refractivity contribution in [2.45, 2.75) is 6.92 Å². The molecule has 6 nitrogen and oxygen atoms in total. The third kappa shape index (κ3) is 5.86. The van der Waals surface area contributed by atoms with Gasteiger partial charge in [-0.15, -0.1) is 40.6 Å². The molecule has 118 valence electrons. The highest BCUT2D eigenvalue weighted by Crippen LogP contribution is 2.07. The van der Waals surface area contributed by atoms with E-state index in [2.05, 4.69) is 56.3 Å². The van der Waals surface area contributed by atoms with E-state index in [1.165, 1.54) is 12.1 Å². The van der Waals surface area contributed by atoms with Gasteiger partial charge in [0.15, 0.2) is 10.3 Å². The van der Waals surface area contributed by atoms with Crippen molar-refractivity contribution in [2.24, 2.45) is 20.4 Å². The Kier molecular flexibility index (Phi) is 7.61. The maximum atomic E-state index is 13.1. The highest BCUT2D eigenvalue weighted by molar-refractivity contribution is 7.97. The summed E-state index contributed by atoms with van der Waals surface area (Å²) in [6.45, 7) is 1.72. The summed E-state index contributed by atoms with van der Waals surface area (Å²) in [7, 11) is 3.35. The Balaban J connectivity index is 3.25. The van der Waals surface area contributed by atoms with Crippen LogP contribution < -0.4 is 10.6 Å². The van der Waals surface area contributed by atoms with Crippen LogP contribution in [0.25, 0.3) is 0 Å². The Morgan fingerprint density at radius 2 is 1.41 bits per heavy atom. The van der Waals surface area contributed by atoms with E-state index in [1.807, 2.05) is 0 Å². The fourth-order valence-electron chi connectivity index (χ4n) is 1.31. The van der Waals surface area contributed by atoms with Crippen LogP contribution in [-0.4, -0.2) is 35.9 Å². The standard InChI is InChI=1S/C13H17FN6S2/c1-8(17-19-12(21)15-2)11(18-20-13(22)16-3)9-4-6-10(14)7-5-9/h4-7H,1-3H3,(H2,15,19,21)(H2,16,20,22)/b17-8+,18-11-. The van der Waals surface area contributed by atoms with E-state index in [0.29, 0.717) is 27.3 Å². The average Bonchev–Trinajstić information content (AvgIpc) is 2.53. The highest BCUT2D eigenvalue weighted by atomic mass is 32.1. The molecule has 0 radical (unpaired) electrons. The van der Waals surface area contributed by atoms with Gasteiger partial charge in [-0.2, -0.15) is 5.10 Å². The Morgan fingerprint density at radius 3 is 1.91 bits per heavy atom. The van der Waals surface area contributed by atoms with Gasteiger partial charge in [-0.1, -0.05) is 0 Å². The minimum atomic E-state index is -0.336. The van der Waals surface area contributed by atoms with Crippen LogP contribution in [0, 0.1) is 5.82 Å². The van der Waals surface area contributed by atoms with Crippen LogP contribution in [0.3, 0.4) is 0 Å². The van der Waals surface area contributed by atoms with Gasteiger partial charge in [-0.25, -0.2) is 4.39 Å². The molecule has 1 rings (SSSR count). The van der Waals surface area contributed by atoms with Crippen molar-refractivity contribution in [1.82, 2.24) is 10.6 Å². The fourth-order valence-corrected chi connectivity index (χ4v) is 1.40. The molecule has 0 aromatic heterocycles. The van der Waals surface area contributed by atoms with E-state index in [-0.39, 0.29) is 5.82 Å². The Bertz CT molecular complexity index is 622. The molecule has 2 N–H and O–H groups in total. The molecule has 0 bridgehead atoms. The molecule has 9 heteroatoms. The minimum absolute atomic E-state index is 0.334. The largest absolute Gasteiger partial charge is 0.366 e. The highest BCUT2D eigenvalue weighted by Gasteiger charge is 2.08. The molecule has 0 aliphatic carbocycles. The number of halogens is 1. The molecule has 1 aromatic carbocycles. The second-order valence-electron chi connectivity index (χ2n) is 3.99. The van der Waals surface area contributed by atoms with Crippen molar-refractivity contribution >= 4 is 47.0 Å². The third-order valence-electron chi connectivity index (χ3n) is 2.45. The zero-order valence-electron chi connectivity index (χ0n) is 12.4. The summed E-state index contributed by atoms with van der Waals surface area (Å²) < 4.78 is 13.1. The lowest BCUT2D eigenvalue weighted by molar-refractivity contribution is 0.628. The number of benzene rings is 1. The number of rotatable bonds is 4. The topological polar surface area (TPSA) is 73.5 Å². The maximum absolute atomic E-state index is 13.1. The third-order valence-corrected chi connectivity index (χ3v) is 3.07. The zero-order chi connectivity index (χ0) is 16.5. The molecule has 0 fully saturated rings. The summed E-state index contributed by atoms with van der Waals surface area (Å²) in [5.41, 5.74) is 1.60. The molecule has 0 saturated heterocycles. The molecule has 0 heterocycles. The van der Waals surface area contributed by atoms with Crippen LogP contribution >= 0.6 is 25.3 Å². The number of thiol groups is 2. The summed E-state index contributed by atoms with van der Waals surface area (Å²) in [6, 6.07) is 5.85. The summed E-state index contributed by atoms with van der Waals surface area (Å²) in [5.74, 6) is -0.336. The second kappa shape index (κ2) is 9.21. The summed E-state index contributed by atoms with van der Waals surface area (Å²) in [6.07, 6.45) is 0. The summed E-state index contributed by atoms with van der Waals surface area (Å²) in [4.78, 5) is 0. The van der Waals surface area contributed by atoms with Gasteiger partial charge < -0.3 is 10.6 Å². The van der Waals surface area contributed by atoms with Crippen LogP contribution in [0.5, 0.6) is 0 Å². The van der Waals surface area contributed by atoms with Crippen molar-refractivity contribution in [3.05, 3.63) is 35.6 Å². The van der Waals surface area contributed by atoms with Crippen molar-refractivity contribution < 1.29 is 4.39 Å². The second-order valence-corrected chi connectivity index (χ2v) is 4.84. The maximum Gasteiger partial charge on any atom is 0.179 e.